The van der Waals surface area contributed by atoms with Crippen molar-refractivity contribution in [2.45, 2.75) is 13.3 Å². The average molecular weight is 455 g/mol. The second-order valence-electron chi connectivity index (χ2n) is 7.82. The first-order chi connectivity index (χ1) is 15.0. The first-order valence-corrected chi connectivity index (χ1v) is 12.0. The van der Waals surface area contributed by atoms with Crippen molar-refractivity contribution in [1.29, 1.82) is 0 Å². The number of carbonyl (C=O) groups is 1. The number of fused-ring (bicyclic) bond motifs is 2. The van der Waals surface area contributed by atoms with Crippen LogP contribution in [0.4, 0.5) is 15.2 Å². The van der Waals surface area contributed by atoms with Gasteiger partial charge in [-0.2, -0.15) is 4.39 Å². The van der Waals surface area contributed by atoms with Crippen LogP contribution in [0.25, 0.3) is 20.3 Å². The third-order valence-electron chi connectivity index (χ3n) is 5.67. The predicted molar refractivity (Wildman–Crippen MR) is 128 cm³/mol. The standard InChI is InChI=1S/C23H23FN4OS2/c1-15(29)25-23-26-18-6-5-16(13-21(18)31-23)7-8-27-9-11-28(12-10-27)19-3-2-4-20-17(19)14-22(24)30-20/h2-6,13-14H,7-12H2,1H3,(H,25,26,29). The molecule has 160 valence electrons. The summed E-state index contributed by atoms with van der Waals surface area (Å²) in [6.07, 6.45) is 0.981. The summed E-state index contributed by atoms with van der Waals surface area (Å²) in [7, 11) is 0. The summed E-state index contributed by atoms with van der Waals surface area (Å²) in [6, 6.07) is 14.1. The number of nitrogens with zero attached hydrogens (tertiary/aromatic N) is 3. The van der Waals surface area contributed by atoms with Gasteiger partial charge < -0.3 is 10.2 Å². The predicted octanol–water partition coefficient (Wildman–Crippen LogP) is 4.97. The van der Waals surface area contributed by atoms with Crippen molar-refractivity contribution >= 4 is 59.7 Å². The largest absolute Gasteiger partial charge is 0.368 e. The quantitative estimate of drug-likeness (QED) is 0.462. The molecule has 4 aromatic rings. The summed E-state index contributed by atoms with van der Waals surface area (Å²) < 4.78 is 15.8. The van der Waals surface area contributed by atoms with Gasteiger partial charge in [0.25, 0.3) is 0 Å². The Morgan fingerprint density at radius 2 is 1.94 bits per heavy atom. The minimum absolute atomic E-state index is 0.0983. The SMILES string of the molecule is CC(=O)Nc1nc2ccc(CCN3CCN(c4cccc5sc(F)cc45)CC3)cc2s1. The number of thiazole rings is 1. The normalized spacial score (nSPS) is 15.1. The molecule has 0 spiro atoms. The Balaban J connectivity index is 1.19. The van der Waals surface area contributed by atoms with Crippen LogP contribution in [0.5, 0.6) is 0 Å². The van der Waals surface area contributed by atoms with Gasteiger partial charge in [-0.1, -0.05) is 23.5 Å². The molecule has 1 aliphatic heterocycles. The fourth-order valence-corrected chi connectivity index (χ4v) is 5.90. The van der Waals surface area contributed by atoms with Gasteiger partial charge in [0.2, 0.25) is 5.91 Å². The Bertz CT molecular complexity index is 1240. The van der Waals surface area contributed by atoms with E-state index in [1.165, 1.54) is 35.2 Å². The van der Waals surface area contributed by atoms with Crippen LogP contribution in [-0.4, -0.2) is 48.5 Å². The number of rotatable bonds is 5. The lowest BCUT2D eigenvalue weighted by molar-refractivity contribution is -0.114. The molecule has 5 rings (SSSR count). The van der Waals surface area contributed by atoms with Crippen molar-refractivity contribution in [2.75, 3.05) is 42.9 Å². The Hall–Kier alpha value is -2.55. The highest BCUT2D eigenvalue weighted by molar-refractivity contribution is 7.22. The number of aromatic nitrogens is 1. The molecule has 0 bridgehead atoms. The lowest BCUT2D eigenvalue weighted by atomic mass is 10.1. The van der Waals surface area contributed by atoms with Gasteiger partial charge in [-0.3, -0.25) is 9.69 Å². The molecule has 2 aromatic heterocycles. The maximum Gasteiger partial charge on any atom is 0.223 e. The monoisotopic (exact) mass is 454 g/mol. The number of anilines is 2. The molecule has 1 fully saturated rings. The number of thiophene rings is 1. The van der Waals surface area contributed by atoms with Gasteiger partial charge in [0, 0.05) is 55.4 Å². The molecule has 0 unspecified atom stereocenters. The molecule has 2 aromatic carbocycles. The molecule has 1 N–H and O–H groups in total. The fraction of sp³-hybridized carbons (Fsp3) is 0.304. The van der Waals surface area contributed by atoms with Crippen LogP contribution >= 0.6 is 22.7 Å². The van der Waals surface area contributed by atoms with Crippen LogP contribution in [0.2, 0.25) is 0 Å². The van der Waals surface area contributed by atoms with E-state index in [0.29, 0.717) is 5.13 Å². The number of hydrogen-bond donors (Lipinski definition) is 1. The van der Waals surface area contributed by atoms with Gasteiger partial charge in [0.1, 0.15) is 0 Å². The first kappa shape index (κ1) is 20.4. The molecule has 0 atom stereocenters. The number of benzene rings is 2. The summed E-state index contributed by atoms with van der Waals surface area (Å²) in [4.78, 5) is 20.6. The zero-order chi connectivity index (χ0) is 21.4. The molecule has 5 nitrogen and oxygen atoms in total. The number of amides is 1. The average Bonchev–Trinajstić information content (AvgIpc) is 3.33. The first-order valence-electron chi connectivity index (χ1n) is 10.4. The topological polar surface area (TPSA) is 48.5 Å². The van der Waals surface area contributed by atoms with E-state index in [0.717, 1.165) is 65.1 Å². The van der Waals surface area contributed by atoms with E-state index in [9.17, 15) is 9.18 Å². The van der Waals surface area contributed by atoms with Crippen LogP contribution in [0.15, 0.2) is 42.5 Å². The minimum atomic E-state index is -0.122. The molecule has 1 aliphatic rings. The number of hydrogen-bond acceptors (Lipinski definition) is 6. The second kappa shape index (κ2) is 8.53. The van der Waals surface area contributed by atoms with E-state index < -0.39 is 0 Å². The lowest BCUT2D eigenvalue weighted by Crippen LogP contribution is -2.47. The van der Waals surface area contributed by atoms with Gasteiger partial charge in [-0.05, 0) is 42.3 Å². The lowest BCUT2D eigenvalue weighted by Gasteiger charge is -2.36. The molecule has 31 heavy (non-hydrogen) atoms. The van der Waals surface area contributed by atoms with Crippen molar-refractivity contribution in [1.82, 2.24) is 9.88 Å². The van der Waals surface area contributed by atoms with Crippen LogP contribution in [0, 0.1) is 5.13 Å². The number of piperazine rings is 1. The van der Waals surface area contributed by atoms with Gasteiger partial charge in [-0.25, -0.2) is 4.98 Å². The molecular weight excluding hydrogens is 431 g/mol. The summed E-state index contributed by atoms with van der Waals surface area (Å²) in [5.41, 5.74) is 3.35. The zero-order valence-electron chi connectivity index (χ0n) is 17.2. The molecule has 0 aliphatic carbocycles. The fourth-order valence-electron chi connectivity index (χ4n) is 4.12. The number of carbonyl (C=O) groups excluding carboxylic acids is 1. The third kappa shape index (κ3) is 4.42. The maximum atomic E-state index is 13.7. The molecule has 3 heterocycles. The molecule has 0 radical (unpaired) electrons. The van der Waals surface area contributed by atoms with Gasteiger partial charge in [0.15, 0.2) is 10.3 Å². The highest BCUT2D eigenvalue weighted by Crippen LogP contribution is 2.33. The van der Waals surface area contributed by atoms with Crippen molar-refractivity contribution in [3.8, 4) is 0 Å². The highest BCUT2D eigenvalue weighted by Gasteiger charge is 2.19. The third-order valence-corrected chi connectivity index (χ3v) is 7.50. The maximum absolute atomic E-state index is 13.7. The van der Waals surface area contributed by atoms with Crippen molar-refractivity contribution < 1.29 is 9.18 Å². The second-order valence-corrected chi connectivity index (χ2v) is 9.89. The smallest absolute Gasteiger partial charge is 0.223 e. The van der Waals surface area contributed by atoms with E-state index in [2.05, 4.69) is 38.3 Å². The Morgan fingerprint density at radius 3 is 2.74 bits per heavy atom. The van der Waals surface area contributed by atoms with Gasteiger partial charge in [0.05, 0.1) is 10.2 Å². The van der Waals surface area contributed by atoms with Crippen LogP contribution < -0.4 is 10.2 Å². The number of halogens is 1. The summed E-state index contributed by atoms with van der Waals surface area (Å²) in [5, 5.41) is 4.31. The highest BCUT2D eigenvalue weighted by atomic mass is 32.1. The zero-order valence-corrected chi connectivity index (χ0v) is 18.9. The van der Waals surface area contributed by atoms with Crippen molar-refractivity contribution in [3.63, 3.8) is 0 Å². The summed E-state index contributed by atoms with van der Waals surface area (Å²) >= 11 is 2.73. The van der Waals surface area contributed by atoms with E-state index >= 15 is 0 Å². The van der Waals surface area contributed by atoms with E-state index in [-0.39, 0.29) is 11.0 Å². The molecule has 8 heteroatoms. The Labute approximate surface area is 188 Å². The van der Waals surface area contributed by atoms with E-state index in [1.54, 1.807) is 6.07 Å². The molecule has 1 saturated heterocycles. The van der Waals surface area contributed by atoms with Crippen LogP contribution in [0.3, 0.4) is 0 Å². The Morgan fingerprint density at radius 1 is 1.10 bits per heavy atom. The summed E-state index contributed by atoms with van der Waals surface area (Å²) in [5.74, 6) is -0.0983. The van der Waals surface area contributed by atoms with E-state index in [4.69, 9.17) is 0 Å². The summed E-state index contributed by atoms with van der Waals surface area (Å²) in [6.45, 7) is 6.40. The van der Waals surface area contributed by atoms with Crippen LogP contribution in [-0.2, 0) is 11.2 Å². The van der Waals surface area contributed by atoms with Gasteiger partial charge >= 0.3 is 0 Å². The minimum Gasteiger partial charge on any atom is -0.368 e. The van der Waals surface area contributed by atoms with Crippen molar-refractivity contribution in [3.05, 3.63) is 53.2 Å². The Kier molecular flexibility index (Phi) is 5.60. The van der Waals surface area contributed by atoms with Crippen molar-refractivity contribution in [2.24, 2.45) is 0 Å². The molecule has 0 saturated carbocycles. The van der Waals surface area contributed by atoms with Gasteiger partial charge in [-0.15, -0.1) is 11.3 Å². The molecular formula is C23H23FN4OS2. The number of nitrogens with one attached hydrogen (secondary N) is 1. The van der Waals surface area contributed by atoms with E-state index in [1.807, 2.05) is 18.2 Å². The molecule has 1 amide bonds. The van der Waals surface area contributed by atoms with Crippen LogP contribution in [0.1, 0.15) is 12.5 Å².